The number of Topliss-reactive ketones (excluding diaryl/α,β-unsaturated/α-hetero) is 1. The Morgan fingerprint density at radius 2 is 1.82 bits per heavy atom. The molecule has 7 nitrogen and oxygen atoms in total. The summed E-state index contributed by atoms with van der Waals surface area (Å²) in [5, 5.41) is 12.7. The van der Waals surface area contributed by atoms with Crippen molar-refractivity contribution in [2.45, 2.75) is 31.7 Å². The highest BCUT2D eigenvalue weighted by atomic mass is 32.2. The van der Waals surface area contributed by atoms with Crippen LogP contribution in [0.2, 0.25) is 0 Å². The second-order valence-electron chi connectivity index (χ2n) is 5.87. The van der Waals surface area contributed by atoms with E-state index >= 15 is 0 Å². The van der Waals surface area contributed by atoms with Crippen LogP contribution in [0.25, 0.3) is 5.69 Å². The highest BCUT2D eigenvalue weighted by Gasteiger charge is 2.15. The first-order chi connectivity index (χ1) is 13.6. The molecule has 0 saturated carbocycles. The second kappa shape index (κ2) is 9.36. The number of benzene rings is 2. The molecule has 0 aliphatic rings. The van der Waals surface area contributed by atoms with Crippen LogP contribution in [0.4, 0.5) is 0 Å². The van der Waals surface area contributed by atoms with Gasteiger partial charge in [0, 0.05) is 16.9 Å². The molecule has 0 amide bonds. The summed E-state index contributed by atoms with van der Waals surface area (Å²) >= 11 is 1.47. The van der Waals surface area contributed by atoms with Crippen molar-refractivity contribution >= 4 is 17.5 Å². The number of thioether (sulfide) groups is 1. The van der Waals surface area contributed by atoms with Gasteiger partial charge in [0.15, 0.2) is 5.78 Å². The van der Waals surface area contributed by atoms with Gasteiger partial charge < -0.3 is 9.47 Å². The lowest BCUT2D eigenvalue weighted by Crippen LogP contribution is -2.04. The van der Waals surface area contributed by atoms with Crippen LogP contribution in [-0.4, -0.2) is 39.2 Å². The standard InChI is InChI=1S/C20H22N4O3S/c1-4-26-18-11-10-15(14(3)25)12-16(18)13-28-20-21-22-23-24(20)17-8-6-7-9-19(17)27-5-2/h6-12H,4-5,13H2,1-3H3. The van der Waals surface area contributed by atoms with Crippen molar-refractivity contribution in [2.75, 3.05) is 13.2 Å². The first-order valence-corrected chi connectivity index (χ1v) is 10.0. The molecule has 146 valence electrons. The molecule has 0 fully saturated rings. The second-order valence-corrected chi connectivity index (χ2v) is 6.82. The van der Waals surface area contributed by atoms with E-state index in [0.717, 1.165) is 17.0 Å². The minimum atomic E-state index is 0.0183. The number of carbonyl (C=O) groups is 1. The molecule has 0 bridgehead atoms. The van der Waals surface area contributed by atoms with Gasteiger partial charge in [-0.3, -0.25) is 4.79 Å². The predicted octanol–water partition coefficient (Wildman–Crippen LogP) is 3.95. The maximum absolute atomic E-state index is 11.7. The van der Waals surface area contributed by atoms with Crippen molar-refractivity contribution in [3.63, 3.8) is 0 Å². The summed E-state index contributed by atoms with van der Waals surface area (Å²) in [4.78, 5) is 11.7. The fourth-order valence-electron chi connectivity index (χ4n) is 2.68. The number of hydrogen-bond donors (Lipinski definition) is 0. The lowest BCUT2D eigenvalue weighted by Gasteiger charge is -2.12. The van der Waals surface area contributed by atoms with Gasteiger partial charge in [0.2, 0.25) is 5.16 Å². The van der Waals surface area contributed by atoms with Crippen molar-refractivity contribution in [3.05, 3.63) is 53.6 Å². The molecule has 0 atom stereocenters. The van der Waals surface area contributed by atoms with E-state index in [1.807, 2.05) is 50.2 Å². The summed E-state index contributed by atoms with van der Waals surface area (Å²) in [5.74, 6) is 2.06. The Balaban J connectivity index is 1.87. The smallest absolute Gasteiger partial charge is 0.214 e. The molecule has 8 heteroatoms. The van der Waals surface area contributed by atoms with Crippen LogP contribution >= 0.6 is 11.8 Å². The lowest BCUT2D eigenvalue weighted by atomic mass is 10.1. The molecule has 0 aliphatic carbocycles. The summed E-state index contributed by atoms with van der Waals surface area (Å²) in [7, 11) is 0. The van der Waals surface area contributed by atoms with E-state index in [9.17, 15) is 4.79 Å². The molecule has 2 aromatic carbocycles. The van der Waals surface area contributed by atoms with Crippen LogP contribution in [0, 0.1) is 0 Å². The molecule has 0 saturated heterocycles. The molecule has 3 aromatic rings. The van der Waals surface area contributed by atoms with E-state index in [1.165, 1.54) is 11.8 Å². The molecule has 0 aliphatic heterocycles. The third kappa shape index (κ3) is 4.51. The van der Waals surface area contributed by atoms with E-state index in [1.54, 1.807) is 17.7 Å². The van der Waals surface area contributed by atoms with Crippen molar-refractivity contribution in [2.24, 2.45) is 0 Å². The average molecular weight is 398 g/mol. The topological polar surface area (TPSA) is 79.1 Å². The quantitative estimate of drug-likeness (QED) is 0.399. The van der Waals surface area contributed by atoms with Gasteiger partial charge in [-0.05, 0) is 61.5 Å². The van der Waals surface area contributed by atoms with Gasteiger partial charge in [-0.1, -0.05) is 23.9 Å². The largest absolute Gasteiger partial charge is 0.494 e. The SMILES string of the molecule is CCOc1ccc(C(C)=O)cc1CSc1nnnn1-c1ccccc1OCC. The Bertz CT molecular complexity index is 958. The predicted molar refractivity (Wildman–Crippen MR) is 107 cm³/mol. The minimum absolute atomic E-state index is 0.0183. The van der Waals surface area contributed by atoms with Crippen LogP contribution in [0.1, 0.15) is 36.7 Å². The average Bonchev–Trinajstić information content (AvgIpc) is 3.16. The lowest BCUT2D eigenvalue weighted by molar-refractivity contribution is 0.101. The molecule has 1 aromatic heterocycles. The van der Waals surface area contributed by atoms with E-state index in [4.69, 9.17) is 9.47 Å². The highest BCUT2D eigenvalue weighted by molar-refractivity contribution is 7.98. The summed E-state index contributed by atoms with van der Waals surface area (Å²) in [6, 6.07) is 13.1. The van der Waals surface area contributed by atoms with Crippen LogP contribution in [0.3, 0.4) is 0 Å². The molecule has 0 N–H and O–H groups in total. The summed E-state index contributed by atoms with van der Waals surface area (Å²) in [6.45, 7) is 6.52. The molecule has 1 heterocycles. The first-order valence-electron chi connectivity index (χ1n) is 9.04. The van der Waals surface area contributed by atoms with Gasteiger partial charge in [0.1, 0.15) is 17.2 Å². The molecule has 0 spiro atoms. The zero-order chi connectivity index (χ0) is 19.9. The van der Waals surface area contributed by atoms with Crippen LogP contribution in [0.5, 0.6) is 11.5 Å². The highest BCUT2D eigenvalue weighted by Crippen LogP contribution is 2.31. The summed E-state index contributed by atoms with van der Waals surface area (Å²) in [5.41, 5.74) is 2.35. The van der Waals surface area contributed by atoms with Gasteiger partial charge in [0.25, 0.3) is 0 Å². The van der Waals surface area contributed by atoms with Crippen LogP contribution < -0.4 is 9.47 Å². The van der Waals surface area contributed by atoms with Gasteiger partial charge >= 0.3 is 0 Å². The number of aromatic nitrogens is 4. The van der Waals surface area contributed by atoms with E-state index in [0.29, 0.717) is 35.4 Å². The van der Waals surface area contributed by atoms with Crippen molar-refractivity contribution in [1.29, 1.82) is 0 Å². The van der Waals surface area contributed by atoms with E-state index in [-0.39, 0.29) is 5.78 Å². The minimum Gasteiger partial charge on any atom is -0.494 e. The monoisotopic (exact) mass is 398 g/mol. The Labute approximate surface area is 168 Å². The number of tetrazole rings is 1. The van der Waals surface area contributed by atoms with Crippen molar-refractivity contribution < 1.29 is 14.3 Å². The third-order valence-corrected chi connectivity index (χ3v) is 4.93. The Morgan fingerprint density at radius 3 is 2.57 bits per heavy atom. The number of ketones is 1. The van der Waals surface area contributed by atoms with Crippen LogP contribution in [-0.2, 0) is 5.75 Å². The number of ether oxygens (including phenoxy) is 2. The number of rotatable bonds is 9. The first kappa shape index (κ1) is 19.9. The summed E-state index contributed by atoms with van der Waals surface area (Å²) < 4.78 is 13.1. The third-order valence-electron chi connectivity index (χ3n) is 3.96. The molecule has 3 rings (SSSR count). The fourth-order valence-corrected chi connectivity index (χ4v) is 3.54. The van der Waals surface area contributed by atoms with Gasteiger partial charge in [-0.15, -0.1) is 5.10 Å². The Hall–Kier alpha value is -2.87. The zero-order valence-corrected chi connectivity index (χ0v) is 16.9. The fraction of sp³-hybridized carbons (Fsp3) is 0.300. The molecular weight excluding hydrogens is 376 g/mol. The Morgan fingerprint density at radius 1 is 1.07 bits per heavy atom. The van der Waals surface area contributed by atoms with Gasteiger partial charge in [0.05, 0.1) is 13.2 Å². The van der Waals surface area contributed by atoms with Gasteiger partial charge in [-0.25, -0.2) is 0 Å². The molecule has 28 heavy (non-hydrogen) atoms. The van der Waals surface area contributed by atoms with E-state index < -0.39 is 0 Å². The van der Waals surface area contributed by atoms with Crippen LogP contribution in [0.15, 0.2) is 47.6 Å². The molecular formula is C20H22N4O3S. The normalized spacial score (nSPS) is 10.7. The maximum Gasteiger partial charge on any atom is 0.214 e. The number of carbonyl (C=O) groups excluding carboxylic acids is 1. The zero-order valence-electron chi connectivity index (χ0n) is 16.1. The maximum atomic E-state index is 11.7. The van der Waals surface area contributed by atoms with E-state index in [2.05, 4.69) is 15.5 Å². The van der Waals surface area contributed by atoms with Crippen molar-refractivity contribution in [1.82, 2.24) is 20.2 Å². The molecule has 0 radical (unpaired) electrons. The summed E-state index contributed by atoms with van der Waals surface area (Å²) in [6.07, 6.45) is 0. The number of nitrogens with zero attached hydrogens (tertiary/aromatic N) is 4. The van der Waals surface area contributed by atoms with Gasteiger partial charge in [-0.2, -0.15) is 4.68 Å². The number of hydrogen-bond acceptors (Lipinski definition) is 7. The van der Waals surface area contributed by atoms with Crippen molar-refractivity contribution in [3.8, 4) is 17.2 Å². The Kier molecular flexibility index (Phi) is 6.65. The molecule has 0 unspecified atom stereocenters. The number of para-hydroxylation sites is 2.